The third-order valence-electron chi connectivity index (χ3n) is 5.13. The maximum atomic E-state index is 13.7. The number of benzene rings is 3. The van der Waals surface area contributed by atoms with Crippen LogP contribution in [0.15, 0.2) is 76.7 Å². The molecule has 0 atom stereocenters. The molecule has 0 aromatic heterocycles. The number of hydrogen-bond donors (Lipinski definition) is 2. The zero-order valence-electron chi connectivity index (χ0n) is 20.1. The number of carboxylic acid groups (broad SMARTS) is 1. The molecule has 0 aliphatic carbocycles. The number of rotatable bonds is 11. The van der Waals surface area contributed by atoms with Crippen molar-refractivity contribution in [2.75, 3.05) is 25.1 Å². The monoisotopic (exact) mass is 542 g/mol. The van der Waals surface area contributed by atoms with Crippen LogP contribution in [0.2, 0.25) is 0 Å². The van der Waals surface area contributed by atoms with Crippen molar-refractivity contribution >= 4 is 39.5 Å². The highest BCUT2D eigenvalue weighted by molar-refractivity contribution is 7.93. The van der Waals surface area contributed by atoms with Crippen LogP contribution >= 0.6 is 0 Å². The van der Waals surface area contributed by atoms with Gasteiger partial charge in [-0.1, -0.05) is 24.3 Å². The van der Waals surface area contributed by atoms with Crippen molar-refractivity contribution in [2.24, 2.45) is 5.10 Å². The second kappa shape index (κ2) is 11.8. The van der Waals surface area contributed by atoms with Crippen molar-refractivity contribution in [3.05, 3.63) is 88.0 Å². The fourth-order valence-corrected chi connectivity index (χ4v) is 4.88. The van der Waals surface area contributed by atoms with Gasteiger partial charge >= 0.3 is 5.97 Å². The first kappa shape index (κ1) is 27.6. The lowest BCUT2D eigenvalue weighted by atomic mass is 10.1. The number of aromatic carboxylic acids is 1. The number of sulfonamides is 1. The summed E-state index contributed by atoms with van der Waals surface area (Å²) in [7, 11) is -1.98. The van der Waals surface area contributed by atoms with Gasteiger partial charge in [0.05, 0.1) is 36.6 Å². The molecule has 0 aliphatic rings. The number of nitro benzene ring substituents is 1. The SMILES string of the molecule is COc1ccc(N(CC(=O)NN=Cc2ccc(C(=O)O)cc2)S(=O)(=O)c2ccccc2[N+](=O)[O-])c(OC)c1. The second-order valence-corrected chi connectivity index (χ2v) is 9.33. The highest BCUT2D eigenvalue weighted by Gasteiger charge is 2.34. The highest BCUT2D eigenvalue weighted by Crippen LogP contribution is 2.37. The van der Waals surface area contributed by atoms with Crippen LogP contribution in [0.1, 0.15) is 15.9 Å². The number of nitro groups is 1. The van der Waals surface area contributed by atoms with Gasteiger partial charge in [-0.05, 0) is 35.9 Å². The summed E-state index contributed by atoms with van der Waals surface area (Å²) in [6, 6.07) is 14.5. The molecule has 0 radical (unpaired) electrons. The lowest BCUT2D eigenvalue weighted by Crippen LogP contribution is -2.40. The Labute approximate surface area is 217 Å². The molecule has 38 heavy (non-hydrogen) atoms. The van der Waals surface area contributed by atoms with E-state index in [2.05, 4.69) is 10.5 Å². The van der Waals surface area contributed by atoms with Crippen molar-refractivity contribution in [3.8, 4) is 11.5 Å². The summed E-state index contributed by atoms with van der Waals surface area (Å²) in [6.07, 6.45) is 1.23. The summed E-state index contributed by atoms with van der Waals surface area (Å²) in [4.78, 5) is 33.8. The molecule has 3 aromatic carbocycles. The number of anilines is 1. The molecule has 3 aromatic rings. The van der Waals surface area contributed by atoms with Crippen LogP contribution in [0, 0.1) is 10.1 Å². The molecule has 1 amide bonds. The molecular weight excluding hydrogens is 520 g/mol. The quantitative estimate of drug-likeness (QED) is 0.209. The van der Waals surface area contributed by atoms with Gasteiger partial charge in [0, 0.05) is 12.1 Å². The van der Waals surface area contributed by atoms with Crippen molar-refractivity contribution in [1.82, 2.24) is 5.43 Å². The van der Waals surface area contributed by atoms with Gasteiger partial charge in [-0.25, -0.2) is 18.6 Å². The van der Waals surface area contributed by atoms with Crippen molar-refractivity contribution in [2.45, 2.75) is 4.90 Å². The van der Waals surface area contributed by atoms with E-state index in [1.54, 1.807) is 0 Å². The molecule has 0 unspecified atom stereocenters. The van der Waals surface area contributed by atoms with Gasteiger partial charge in [0.25, 0.3) is 21.6 Å². The first-order valence-corrected chi connectivity index (χ1v) is 12.2. The Morgan fingerprint density at radius 3 is 2.37 bits per heavy atom. The fraction of sp³-hybridized carbons (Fsp3) is 0.125. The minimum Gasteiger partial charge on any atom is -0.497 e. The summed E-state index contributed by atoms with van der Waals surface area (Å²) in [5.41, 5.74) is 1.99. The normalized spacial score (nSPS) is 11.1. The van der Waals surface area contributed by atoms with E-state index in [9.17, 15) is 28.1 Å². The van der Waals surface area contributed by atoms with Gasteiger partial charge in [0.2, 0.25) is 0 Å². The minimum absolute atomic E-state index is 0.0290. The smallest absolute Gasteiger partial charge is 0.335 e. The van der Waals surface area contributed by atoms with E-state index in [1.807, 2.05) is 0 Å². The predicted molar refractivity (Wildman–Crippen MR) is 136 cm³/mol. The first-order chi connectivity index (χ1) is 18.1. The number of carbonyl (C=O) groups excluding carboxylic acids is 1. The Hall–Kier alpha value is -4.98. The number of carboxylic acids is 1. The van der Waals surface area contributed by atoms with Gasteiger partial charge in [-0.15, -0.1) is 0 Å². The fourth-order valence-electron chi connectivity index (χ4n) is 3.29. The van der Waals surface area contributed by atoms with Crippen LogP contribution in [0.25, 0.3) is 0 Å². The molecular formula is C24H22N4O9S. The number of carbonyl (C=O) groups is 2. The van der Waals surface area contributed by atoms with E-state index in [4.69, 9.17) is 14.6 Å². The van der Waals surface area contributed by atoms with E-state index < -0.39 is 44.0 Å². The summed E-state index contributed by atoms with van der Waals surface area (Å²) >= 11 is 0. The van der Waals surface area contributed by atoms with Gasteiger partial charge < -0.3 is 14.6 Å². The maximum absolute atomic E-state index is 13.7. The molecule has 3 rings (SSSR count). The maximum Gasteiger partial charge on any atom is 0.335 e. The number of amides is 1. The Balaban J connectivity index is 1.96. The zero-order chi connectivity index (χ0) is 27.9. The molecule has 198 valence electrons. The Morgan fingerprint density at radius 1 is 1.08 bits per heavy atom. The molecule has 0 bridgehead atoms. The van der Waals surface area contributed by atoms with Crippen molar-refractivity contribution in [3.63, 3.8) is 0 Å². The summed E-state index contributed by atoms with van der Waals surface area (Å²) in [5, 5.41) is 24.3. The van der Waals surface area contributed by atoms with E-state index >= 15 is 0 Å². The zero-order valence-corrected chi connectivity index (χ0v) is 20.9. The number of hydrogen-bond acceptors (Lipinski definition) is 9. The van der Waals surface area contributed by atoms with Gasteiger partial charge in [0.15, 0.2) is 4.90 Å². The molecule has 0 fully saturated rings. The van der Waals surface area contributed by atoms with Crippen LogP contribution in [0.3, 0.4) is 0 Å². The van der Waals surface area contributed by atoms with Crippen molar-refractivity contribution < 1.29 is 37.5 Å². The molecule has 0 heterocycles. The van der Waals surface area contributed by atoms with Crippen LogP contribution in [0.4, 0.5) is 11.4 Å². The Morgan fingerprint density at radius 2 is 1.76 bits per heavy atom. The van der Waals surface area contributed by atoms with E-state index in [0.29, 0.717) is 15.6 Å². The molecule has 13 nitrogen and oxygen atoms in total. The number of methoxy groups -OCH3 is 2. The predicted octanol–water partition coefficient (Wildman–Crippen LogP) is 2.66. The van der Waals surface area contributed by atoms with E-state index in [0.717, 1.165) is 12.1 Å². The van der Waals surface area contributed by atoms with Crippen LogP contribution in [0.5, 0.6) is 11.5 Å². The number of para-hydroxylation sites is 1. The number of hydrazone groups is 1. The molecule has 0 saturated heterocycles. The summed E-state index contributed by atoms with van der Waals surface area (Å²) < 4.78 is 38.4. The van der Waals surface area contributed by atoms with E-state index in [-0.39, 0.29) is 17.0 Å². The van der Waals surface area contributed by atoms with Crippen LogP contribution in [-0.2, 0) is 14.8 Å². The molecule has 0 aliphatic heterocycles. The van der Waals surface area contributed by atoms with Gasteiger partial charge in [-0.3, -0.25) is 19.2 Å². The molecule has 0 saturated carbocycles. The topological polar surface area (TPSA) is 178 Å². The summed E-state index contributed by atoms with van der Waals surface area (Å²) in [5.74, 6) is -1.60. The molecule has 2 N–H and O–H groups in total. The summed E-state index contributed by atoms with van der Waals surface area (Å²) in [6.45, 7) is -0.813. The Kier molecular flexibility index (Phi) is 8.60. The highest BCUT2D eigenvalue weighted by atomic mass is 32.2. The number of nitrogens with zero attached hydrogens (tertiary/aromatic N) is 3. The molecule has 0 spiro atoms. The van der Waals surface area contributed by atoms with Crippen molar-refractivity contribution in [1.29, 1.82) is 0 Å². The largest absolute Gasteiger partial charge is 0.497 e. The second-order valence-electron chi connectivity index (χ2n) is 7.49. The lowest BCUT2D eigenvalue weighted by Gasteiger charge is -2.25. The standard InChI is InChI=1S/C24H22N4O9S/c1-36-18-11-12-19(21(13-18)37-2)27(38(34,35)22-6-4-3-5-20(22)28(32)33)15-23(29)26-25-14-16-7-9-17(10-8-16)24(30)31/h3-14H,15H2,1-2H3,(H,26,29)(H,30,31). The van der Waals surface area contributed by atoms with E-state index in [1.165, 1.54) is 75.0 Å². The third-order valence-corrected chi connectivity index (χ3v) is 6.94. The average Bonchev–Trinajstić information content (AvgIpc) is 2.91. The number of nitrogens with one attached hydrogen (secondary N) is 1. The molecule has 14 heteroatoms. The third kappa shape index (κ3) is 6.22. The van der Waals surface area contributed by atoms with Gasteiger partial charge in [0.1, 0.15) is 18.0 Å². The minimum atomic E-state index is -4.66. The lowest BCUT2D eigenvalue weighted by molar-refractivity contribution is -0.387. The van der Waals surface area contributed by atoms with Crippen LogP contribution in [-0.4, -0.2) is 57.3 Å². The van der Waals surface area contributed by atoms with Gasteiger partial charge in [-0.2, -0.15) is 5.10 Å². The number of ether oxygens (including phenoxy) is 2. The average molecular weight is 543 g/mol. The Bertz CT molecular complexity index is 1490. The first-order valence-electron chi connectivity index (χ1n) is 10.7. The van der Waals surface area contributed by atoms with Crippen LogP contribution < -0.4 is 19.2 Å².